The number of fused-ring (bicyclic) bond motifs is 1. The number of nitrogens with zero attached hydrogens (tertiary/aromatic N) is 1. The highest BCUT2D eigenvalue weighted by molar-refractivity contribution is 6.35. The van der Waals surface area contributed by atoms with Crippen LogP contribution in [0.4, 0.5) is 0 Å². The molecule has 0 saturated heterocycles. The molecular formula is C24H25Cl2NO3. The van der Waals surface area contributed by atoms with Gasteiger partial charge in [0.1, 0.15) is 5.56 Å². The van der Waals surface area contributed by atoms with Gasteiger partial charge in [-0.3, -0.25) is 4.79 Å². The smallest absolute Gasteiger partial charge is 0.343 e. The second kappa shape index (κ2) is 10.1. The molecule has 0 fully saturated rings. The number of benzene rings is 2. The van der Waals surface area contributed by atoms with Gasteiger partial charge in [0.05, 0.1) is 12.1 Å². The van der Waals surface area contributed by atoms with Gasteiger partial charge in [-0.15, -0.1) is 0 Å². The van der Waals surface area contributed by atoms with Crippen molar-refractivity contribution in [1.82, 2.24) is 4.57 Å². The SMILES string of the molecule is CCCCCn1cc(C(=O)OCC)c(=O)c2cc(Cc3ccc(Cl)cc3Cl)ccc21. The molecule has 4 nitrogen and oxygen atoms in total. The summed E-state index contributed by atoms with van der Waals surface area (Å²) in [7, 11) is 0. The molecule has 0 aliphatic heterocycles. The summed E-state index contributed by atoms with van der Waals surface area (Å²) in [5.74, 6) is -0.584. The van der Waals surface area contributed by atoms with E-state index in [1.54, 1.807) is 25.3 Å². The van der Waals surface area contributed by atoms with E-state index in [1.807, 2.05) is 28.8 Å². The Morgan fingerprint density at radius 3 is 2.57 bits per heavy atom. The highest BCUT2D eigenvalue weighted by Crippen LogP contribution is 2.25. The number of carbonyl (C=O) groups excluding carboxylic acids is 1. The molecule has 0 aliphatic carbocycles. The summed E-state index contributed by atoms with van der Waals surface area (Å²) >= 11 is 12.3. The van der Waals surface area contributed by atoms with Gasteiger partial charge in [-0.1, -0.05) is 55.1 Å². The number of halogens is 2. The molecule has 1 heterocycles. The van der Waals surface area contributed by atoms with E-state index in [-0.39, 0.29) is 17.6 Å². The molecule has 30 heavy (non-hydrogen) atoms. The lowest BCUT2D eigenvalue weighted by molar-refractivity contribution is 0.0524. The van der Waals surface area contributed by atoms with E-state index in [2.05, 4.69) is 6.92 Å². The number of ether oxygens (including phenoxy) is 1. The molecule has 6 heteroatoms. The number of unbranched alkanes of at least 4 members (excludes halogenated alkanes) is 2. The van der Waals surface area contributed by atoms with Crippen LogP contribution < -0.4 is 5.43 Å². The molecule has 0 amide bonds. The molecule has 3 aromatic rings. The summed E-state index contributed by atoms with van der Waals surface area (Å²) in [6, 6.07) is 11.2. The lowest BCUT2D eigenvalue weighted by Gasteiger charge is -2.14. The summed E-state index contributed by atoms with van der Waals surface area (Å²) in [4.78, 5) is 25.5. The molecule has 158 valence electrons. The zero-order valence-electron chi connectivity index (χ0n) is 17.2. The monoisotopic (exact) mass is 445 g/mol. The van der Waals surface area contributed by atoms with Crippen LogP contribution in [0.2, 0.25) is 10.0 Å². The maximum atomic E-state index is 13.1. The van der Waals surface area contributed by atoms with Crippen molar-refractivity contribution in [2.45, 2.75) is 46.1 Å². The van der Waals surface area contributed by atoms with Crippen molar-refractivity contribution in [2.24, 2.45) is 0 Å². The molecule has 0 spiro atoms. The Bertz CT molecular complexity index is 1120. The number of aromatic nitrogens is 1. The van der Waals surface area contributed by atoms with Crippen molar-refractivity contribution >= 4 is 40.1 Å². The van der Waals surface area contributed by atoms with E-state index in [9.17, 15) is 9.59 Å². The normalized spacial score (nSPS) is 11.1. The average molecular weight is 446 g/mol. The summed E-state index contributed by atoms with van der Waals surface area (Å²) in [5, 5.41) is 1.68. The van der Waals surface area contributed by atoms with Gasteiger partial charge < -0.3 is 9.30 Å². The minimum Gasteiger partial charge on any atom is -0.462 e. The molecule has 0 bridgehead atoms. The molecule has 0 N–H and O–H groups in total. The van der Waals surface area contributed by atoms with Crippen molar-refractivity contribution in [3.63, 3.8) is 0 Å². The van der Waals surface area contributed by atoms with Crippen LogP contribution in [0.15, 0.2) is 47.4 Å². The average Bonchev–Trinajstić information content (AvgIpc) is 2.72. The van der Waals surface area contributed by atoms with E-state index < -0.39 is 5.97 Å². The number of hydrogen-bond acceptors (Lipinski definition) is 3. The molecule has 3 rings (SSSR count). The first kappa shape index (κ1) is 22.4. The van der Waals surface area contributed by atoms with Gasteiger partial charge >= 0.3 is 5.97 Å². The number of esters is 1. The predicted octanol–water partition coefficient (Wildman–Crippen LogP) is 6.27. The lowest BCUT2D eigenvalue weighted by atomic mass is 10.0. The number of aryl methyl sites for hydroxylation is 1. The van der Waals surface area contributed by atoms with Crippen LogP contribution in [0.3, 0.4) is 0 Å². The van der Waals surface area contributed by atoms with Crippen LogP contribution in [0.25, 0.3) is 10.9 Å². The Kier molecular flexibility index (Phi) is 7.57. The Balaban J connectivity index is 2.07. The van der Waals surface area contributed by atoms with Gasteiger partial charge in [0, 0.05) is 28.2 Å². The number of rotatable bonds is 8. The molecule has 2 aromatic carbocycles. The fourth-order valence-electron chi connectivity index (χ4n) is 3.51. The Labute approximate surface area is 186 Å². The van der Waals surface area contributed by atoms with Crippen LogP contribution in [0.1, 0.15) is 54.6 Å². The second-order valence-electron chi connectivity index (χ2n) is 7.26. The number of pyridine rings is 1. The highest BCUT2D eigenvalue weighted by atomic mass is 35.5. The van der Waals surface area contributed by atoms with Crippen molar-refractivity contribution < 1.29 is 9.53 Å². The van der Waals surface area contributed by atoms with Crippen LogP contribution in [-0.4, -0.2) is 17.1 Å². The fraction of sp³-hybridized carbons (Fsp3) is 0.333. The summed E-state index contributed by atoms with van der Waals surface area (Å²) in [6.45, 7) is 4.83. The van der Waals surface area contributed by atoms with Crippen LogP contribution in [-0.2, 0) is 17.7 Å². The number of hydrogen-bond donors (Lipinski definition) is 0. The minimum absolute atomic E-state index is 0.0718. The van der Waals surface area contributed by atoms with Crippen LogP contribution in [0, 0.1) is 0 Å². The van der Waals surface area contributed by atoms with Crippen molar-refractivity contribution in [3.8, 4) is 0 Å². The standard InChI is InChI=1S/C24H25Cl2NO3/c1-3-5-6-11-27-15-20(24(29)30-4-2)23(28)19-13-16(7-10-22(19)27)12-17-8-9-18(25)14-21(17)26/h7-10,13-15H,3-6,11-12H2,1-2H3. The van der Waals surface area contributed by atoms with Gasteiger partial charge in [-0.05, 0) is 55.2 Å². The summed E-state index contributed by atoms with van der Waals surface area (Å²) in [6.07, 6.45) is 5.34. The molecule has 0 saturated carbocycles. The van der Waals surface area contributed by atoms with Crippen molar-refractivity contribution in [3.05, 3.63) is 79.6 Å². The zero-order valence-corrected chi connectivity index (χ0v) is 18.7. The first-order valence-corrected chi connectivity index (χ1v) is 11.0. The zero-order chi connectivity index (χ0) is 21.7. The minimum atomic E-state index is -0.584. The number of carbonyl (C=O) groups is 1. The van der Waals surface area contributed by atoms with Crippen molar-refractivity contribution in [2.75, 3.05) is 6.61 Å². The topological polar surface area (TPSA) is 48.3 Å². The van der Waals surface area contributed by atoms with Gasteiger partial charge in [0.2, 0.25) is 5.43 Å². The maximum Gasteiger partial charge on any atom is 0.343 e. The molecule has 0 aliphatic rings. The van der Waals surface area contributed by atoms with Gasteiger partial charge in [0.15, 0.2) is 0 Å². The van der Waals surface area contributed by atoms with Gasteiger partial charge in [-0.25, -0.2) is 4.79 Å². The first-order valence-electron chi connectivity index (χ1n) is 10.2. The van der Waals surface area contributed by atoms with Crippen LogP contribution in [0.5, 0.6) is 0 Å². The third-order valence-electron chi connectivity index (χ3n) is 5.05. The molecule has 0 unspecified atom stereocenters. The maximum absolute atomic E-state index is 13.1. The molecule has 0 atom stereocenters. The Morgan fingerprint density at radius 2 is 1.87 bits per heavy atom. The molecular weight excluding hydrogens is 421 g/mol. The summed E-state index contributed by atoms with van der Waals surface area (Å²) in [5.41, 5.74) is 2.44. The quantitative estimate of drug-likeness (QED) is 0.303. The Morgan fingerprint density at radius 1 is 1.07 bits per heavy atom. The van der Waals surface area contributed by atoms with Gasteiger partial charge in [-0.2, -0.15) is 0 Å². The third kappa shape index (κ3) is 5.05. The van der Waals surface area contributed by atoms with E-state index >= 15 is 0 Å². The Hall–Kier alpha value is -2.30. The molecule has 0 radical (unpaired) electrons. The predicted molar refractivity (Wildman–Crippen MR) is 123 cm³/mol. The highest BCUT2D eigenvalue weighted by Gasteiger charge is 2.17. The van der Waals surface area contributed by atoms with E-state index in [1.165, 1.54) is 0 Å². The van der Waals surface area contributed by atoms with Crippen LogP contribution >= 0.6 is 23.2 Å². The third-order valence-corrected chi connectivity index (χ3v) is 5.64. The fourth-order valence-corrected chi connectivity index (χ4v) is 3.99. The van der Waals surface area contributed by atoms with Gasteiger partial charge in [0.25, 0.3) is 0 Å². The van der Waals surface area contributed by atoms with Crippen molar-refractivity contribution in [1.29, 1.82) is 0 Å². The van der Waals surface area contributed by atoms with E-state index in [4.69, 9.17) is 27.9 Å². The second-order valence-corrected chi connectivity index (χ2v) is 8.10. The van der Waals surface area contributed by atoms with E-state index in [0.29, 0.717) is 21.9 Å². The summed E-state index contributed by atoms with van der Waals surface area (Å²) < 4.78 is 7.09. The first-order chi connectivity index (χ1) is 14.4. The largest absolute Gasteiger partial charge is 0.462 e. The lowest BCUT2D eigenvalue weighted by Crippen LogP contribution is -2.21. The van der Waals surface area contributed by atoms with E-state index in [0.717, 1.165) is 42.5 Å². The molecule has 1 aromatic heterocycles.